The summed E-state index contributed by atoms with van der Waals surface area (Å²) in [5.74, 6) is 0.705. The molecule has 0 saturated carbocycles. The second-order valence-electron chi connectivity index (χ2n) is 4.16. The van der Waals surface area contributed by atoms with Gasteiger partial charge in [-0.1, -0.05) is 45.7 Å². The summed E-state index contributed by atoms with van der Waals surface area (Å²) in [6, 6.07) is 13.8. The van der Waals surface area contributed by atoms with E-state index in [1.807, 2.05) is 30.3 Å². The topological polar surface area (TPSA) is 21.3 Å². The first-order valence-corrected chi connectivity index (χ1v) is 7.21. The minimum absolute atomic E-state index is 0.565. The number of benzene rings is 2. The molecule has 0 amide bonds. The predicted octanol–water partition coefficient (Wildman–Crippen LogP) is 4.90. The third kappa shape index (κ3) is 4.15. The lowest BCUT2D eigenvalue weighted by Crippen LogP contribution is -2.12. The van der Waals surface area contributed by atoms with Crippen molar-refractivity contribution in [2.45, 2.75) is 6.92 Å². The second kappa shape index (κ2) is 6.83. The van der Waals surface area contributed by atoms with Crippen LogP contribution < -0.4 is 10.1 Å². The highest BCUT2D eigenvalue weighted by Crippen LogP contribution is 2.27. The lowest BCUT2D eigenvalue weighted by atomic mass is 10.2. The van der Waals surface area contributed by atoms with Crippen LogP contribution in [0.5, 0.6) is 5.75 Å². The van der Waals surface area contributed by atoms with E-state index in [1.165, 1.54) is 5.56 Å². The predicted molar refractivity (Wildman–Crippen MR) is 84.3 cm³/mol. The molecule has 100 valence electrons. The van der Waals surface area contributed by atoms with Crippen LogP contribution in [0.25, 0.3) is 0 Å². The monoisotopic (exact) mass is 339 g/mol. The maximum Gasteiger partial charge on any atom is 0.138 e. The average molecular weight is 341 g/mol. The zero-order valence-electron chi connectivity index (χ0n) is 10.6. The van der Waals surface area contributed by atoms with Crippen LogP contribution in [0.4, 0.5) is 5.69 Å². The van der Waals surface area contributed by atoms with Gasteiger partial charge in [0, 0.05) is 16.7 Å². The third-order valence-electron chi connectivity index (χ3n) is 2.71. The fourth-order valence-electron chi connectivity index (χ4n) is 1.71. The van der Waals surface area contributed by atoms with Crippen LogP contribution in [0.15, 0.2) is 46.9 Å². The fourth-order valence-corrected chi connectivity index (χ4v) is 2.44. The summed E-state index contributed by atoms with van der Waals surface area (Å²) in [7, 11) is 0. The van der Waals surface area contributed by atoms with Gasteiger partial charge in [0.05, 0.1) is 5.02 Å². The summed E-state index contributed by atoms with van der Waals surface area (Å²) in [6.07, 6.45) is 0. The minimum Gasteiger partial charge on any atom is -0.490 e. The first kappa shape index (κ1) is 14.2. The van der Waals surface area contributed by atoms with Crippen molar-refractivity contribution in [1.82, 2.24) is 0 Å². The highest BCUT2D eigenvalue weighted by atomic mass is 79.9. The Morgan fingerprint density at radius 2 is 2.00 bits per heavy atom. The molecule has 0 aliphatic carbocycles. The number of hydrogen-bond acceptors (Lipinski definition) is 2. The van der Waals surface area contributed by atoms with Gasteiger partial charge in [0.1, 0.15) is 12.4 Å². The zero-order valence-corrected chi connectivity index (χ0v) is 13.0. The van der Waals surface area contributed by atoms with E-state index in [4.69, 9.17) is 16.3 Å². The molecule has 0 heterocycles. The highest BCUT2D eigenvalue weighted by molar-refractivity contribution is 9.10. The minimum atomic E-state index is 0.565. The number of nitrogens with one attached hydrogen (secondary N) is 1. The van der Waals surface area contributed by atoms with Crippen molar-refractivity contribution in [2.75, 3.05) is 18.5 Å². The van der Waals surface area contributed by atoms with E-state index < -0.39 is 0 Å². The standard InChI is InChI=1S/C15H15BrClNO/c1-11-4-2-3-5-14(11)18-8-9-19-15-7-6-12(16)10-13(15)17/h2-7,10,18H,8-9H2,1H3. The normalized spacial score (nSPS) is 10.3. The van der Waals surface area contributed by atoms with Crippen molar-refractivity contribution in [3.05, 3.63) is 57.5 Å². The number of hydrogen-bond donors (Lipinski definition) is 1. The van der Waals surface area contributed by atoms with E-state index in [2.05, 4.69) is 40.3 Å². The van der Waals surface area contributed by atoms with Gasteiger partial charge >= 0.3 is 0 Å². The smallest absolute Gasteiger partial charge is 0.138 e. The van der Waals surface area contributed by atoms with E-state index in [0.29, 0.717) is 17.4 Å². The average Bonchev–Trinajstić information content (AvgIpc) is 2.38. The summed E-state index contributed by atoms with van der Waals surface area (Å²) >= 11 is 9.44. The number of para-hydroxylation sites is 1. The molecule has 2 aromatic rings. The van der Waals surface area contributed by atoms with E-state index in [-0.39, 0.29) is 0 Å². The first-order valence-electron chi connectivity index (χ1n) is 6.04. The Morgan fingerprint density at radius 3 is 2.74 bits per heavy atom. The number of anilines is 1. The Labute approximate surface area is 126 Å². The van der Waals surface area contributed by atoms with E-state index in [0.717, 1.165) is 16.7 Å². The van der Waals surface area contributed by atoms with Crippen LogP contribution in [0.1, 0.15) is 5.56 Å². The van der Waals surface area contributed by atoms with Gasteiger partial charge in [0.25, 0.3) is 0 Å². The maximum absolute atomic E-state index is 6.08. The Balaban J connectivity index is 1.83. The van der Waals surface area contributed by atoms with Gasteiger partial charge in [-0.2, -0.15) is 0 Å². The number of ether oxygens (including phenoxy) is 1. The van der Waals surface area contributed by atoms with E-state index in [1.54, 1.807) is 0 Å². The summed E-state index contributed by atoms with van der Waals surface area (Å²) in [6.45, 7) is 3.38. The number of aryl methyl sites for hydroxylation is 1. The molecule has 0 spiro atoms. The van der Waals surface area contributed by atoms with Crippen LogP contribution in [-0.4, -0.2) is 13.2 Å². The van der Waals surface area contributed by atoms with Crippen molar-refractivity contribution < 1.29 is 4.74 Å². The summed E-state index contributed by atoms with van der Waals surface area (Å²) < 4.78 is 6.59. The van der Waals surface area contributed by atoms with Crippen LogP contribution in [0.2, 0.25) is 5.02 Å². The van der Waals surface area contributed by atoms with Gasteiger partial charge in [-0.3, -0.25) is 0 Å². The van der Waals surface area contributed by atoms with Gasteiger partial charge in [-0.25, -0.2) is 0 Å². The Bertz CT molecular complexity index is 560. The largest absolute Gasteiger partial charge is 0.490 e. The third-order valence-corrected chi connectivity index (χ3v) is 3.50. The van der Waals surface area contributed by atoms with Crippen LogP contribution in [0.3, 0.4) is 0 Å². The van der Waals surface area contributed by atoms with Crippen molar-refractivity contribution in [3.8, 4) is 5.75 Å². The Hall–Kier alpha value is -1.19. The van der Waals surface area contributed by atoms with Gasteiger partial charge in [-0.05, 0) is 36.8 Å². The van der Waals surface area contributed by atoms with Crippen LogP contribution in [0, 0.1) is 6.92 Å². The highest BCUT2D eigenvalue weighted by Gasteiger charge is 2.02. The molecule has 0 fully saturated rings. The second-order valence-corrected chi connectivity index (χ2v) is 5.49. The molecule has 2 aromatic carbocycles. The number of halogens is 2. The van der Waals surface area contributed by atoms with Gasteiger partial charge < -0.3 is 10.1 Å². The molecule has 4 heteroatoms. The molecule has 1 N–H and O–H groups in total. The van der Waals surface area contributed by atoms with Crippen molar-refractivity contribution in [1.29, 1.82) is 0 Å². The lowest BCUT2D eigenvalue weighted by Gasteiger charge is -2.11. The van der Waals surface area contributed by atoms with Gasteiger partial charge in [0.2, 0.25) is 0 Å². The Kier molecular flexibility index (Phi) is 5.11. The van der Waals surface area contributed by atoms with E-state index in [9.17, 15) is 0 Å². The molecule has 0 aromatic heterocycles. The molecule has 0 saturated heterocycles. The molecule has 0 aliphatic rings. The van der Waals surface area contributed by atoms with Crippen molar-refractivity contribution in [3.63, 3.8) is 0 Å². The lowest BCUT2D eigenvalue weighted by molar-refractivity contribution is 0.333. The SMILES string of the molecule is Cc1ccccc1NCCOc1ccc(Br)cc1Cl. The molecule has 0 bridgehead atoms. The Morgan fingerprint density at radius 1 is 1.21 bits per heavy atom. The summed E-state index contributed by atoms with van der Waals surface area (Å²) in [4.78, 5) is 0. The van der Waals surface area contributed by atoms with Crippen molar-refractivity contribution in [2.24, 2.45) is 0 Å². The van der Waals surface area contributed by atoms with E-state index >= 15 is 0 Å². The summed E-state index contributed by atoms with van der Waals surface area (Å²) in [5, 5.41) is 3.95. The van der Waals surface area contributed by atoms with Crippen LogP contribution in [-0.2, 0) is 0 Å². The molecule has 0 aliphatic heterocycles. The molecular weight excluding hydrogens is 326 g/mol. The van der Waals surface area contributed by atoms with Gasteiger partial charge in [-0.15, -0.1) is 0 Å². The zero-order chi connectivity index (χ0) is 13.7. The first-order chi connectivity index (χ1) is 9.16. The molecule has 0 radical (unpaired) electrons. The molecule has 0 unspecified atom stereocenters. The molecule has 19 heavy (non-hydrogen) atoms. The quantitative estimate of drug-likeness (QED) is 0.782. The molecule has 0 atom stereocenters. The van der Waals surface area contributed by atoms with Gasteiger partial charge in [0.15, 0.2) is 0 Å². The molecule has 2 rings (SSSR count). The van der Waals surface area contributed by atoms with Crippen LogP contribution >= 0.6 is 27.5 Å². The summed E-state index contributed by atoms with van der Waals surface area (Å²) in [5.41, 5.74) is 2.36. The maximum atomic E-state index is 6.08. The number of rotatable bonds is 5. The molecular formula is C15H15BrClNO. The fraction of sp³-hybridized carbons (Fsp3) is 0.200. The molecule has 2 nitrogen and oxygen atoms in total. The van der Waals surface area contributed by atoms with Crippen molar-refractivity contribution >= 4 is 33.2 Å².